The minimum Gasteiger partial charge on any atom is -0.480 e. The predicted molar refractivity (Wildman–Crippen MR) is 56.6 cm³/mol. The van der Waals surface area contributed by atoms with E-state index >= 15 is 0 Å². The number of aryl methyl sites for hydroxylation is 2. The maximum Gasteiger partial charge on any atom is 0.320 e. The lowest BCUT2D eigenvalue weighted by molar-refractivity contribution is -0.138. The summed E-state index contributed by atoms with van der Waals surface area (Å²) in [5.41, 5.74) is 7.43. The van der Waals surface area contributed by atoms with Crippen molar-refractivity contribution < 1.29 is 9.90 Å². The van der Waals surface area contributed by atoms with Gasteiger partial charge in [-0.15, -0.1) is 0 Å². The zero-order chi connectivity index (χ0) is 11.4. The third-order valence-electron chi connectivity index (χ3n) is 2.25. The molecule has 5 heteroatoms. The minimum absolute atomic E-state index is 0.250. The normalized spacial score (nSPS) is 12.7. The van der Waals surface area contributed by atoms with Crippen LogP contribution in [0.25, 0.3) is 0 Å². The largest absolute Gasteiger partial charge is 0.480 e. The molecule has 0 fully saturated rings. The number of aliphatic carboxylic acids is 1. The highest BCUT2D eigenvalue weighted by atomic mass is 16.4. The Morgan fingerprint density at radius 2 is 2.33 bits per heavy atom. The van der Waals surface area contributed by atoms with Crippen molar-refractivity contribution >= 4 is 5.97 Å². The zero-order valence-corrected chi connectivity index (χ0v) is 9.08. The fraction of sp³-hybridized carbons (Fsp3) is 0.600. The summed E-state index contributed by atoms with van der Waals surface area (Å²) in [5.74, 6) is -0.341. The molecular formula is C10H17N3O2. The van der Waals surface area contributed by atoms with Gasteiger partial charge in [-0.3, -0.25) is 4.79 Å². The molecule has 84 valence electrons. The smallest absolute Gasteiger partial charge is 0.320 e. The van der Waals surface area contributed by atoms with Crippen molar-refractivity contribution in [3.63, 3.8) is 0 Å². The van der Waals surface area contributed by atoms with Crippen LogP contribution in [0.15, 0.2) is 0 Å². The van der Waals surface area contributed by atoms with Gasteiger partial charge in [-0.1, -0.05) is 13.3 Å². The van der Waals surface area contributed by atoms with E-state index < -0.39 is 12.0 Å². The topological polar surface area (TPSA) is 92.0 Å². The van der Waals surface area contributed by atoms with Gasteiger partial charge in [-0.05, 0) is 13.3 Å². The average Bonchev–Trinajstić information content (AvgIpc) is 2.47. The lowest BCUT2D eigenvalue weighted by atomic mass is 10.2. The van der Waals surface area contributed by atoms with Gasteiger partial charge in [0.2, 0.25) is 0 Å². The molecule has 1 aromatic rings. The van der Waals surface area contributed by atoms with E-state index in [9.17, 15) is 4.79 Å². The van der Waals surface area contributed by atoms with Gasteiger partial charge < -0.3 is 15.8 Å². The van der Waals surface area contributed by atoms with Crippen LogP contribution in [0.5, 0.6) is 0 Å². The molecule has 4 N–H and O–H groups in total. The van der Waals surface area contributed by atoms with Gasteiger partial charge in [0.05, 0.1) is 5.69 Å². The molecule has 0 aromatic carbocycles. The lowest BCUT2D eigenvalue weighted by Gasteiger charge is -2.02. The molecule has 0 aliphatic rings. The second-order valence-corrected chi connectivity index (χ2v) is 3.65. The fourth-order valence-corrected chi connectivity index (χ4v) is 1.44. The molecule has 1 rings (SSSR count). The first-order valence-electron chi connectivity index (χ1n) is 5.07. The van der Waals surface area contributed by atoms with Crippen molar-refractivity contribution in [2.75, 3.05) is 0 Å². The lowest BCUT2D eigenvalue weighted by Crippen LogP contribution is -2.32. The highest BCUT2D eigenvalue weighted by Gasteiger charge is 2.15. The van der Waals surface area contributed by atoms with Crippen molar-refractivity contribution in [2.45, 2.75) is 39.2 Å². The highest BCUT2D eigenvalue weighted by molar-refractivity contribution is 5.73. The molecule has 1 atom stereocenters. The number of nitrogens with one attached hydrogen (secondary N) is 1. The number of hydrogen-bond acceptors (Lipinski definition) is 3. The summed E-state index contributed by atoms with van der Waals surface area (Å²) >= 11 is 0. The Morgan fingerprint density at radius 1 is 1.67 bits per heavy atom. The summed E-state index contributed by atoms with van der Waals surface area (Å²) in [7, 11) is 0. The molecule has 0 spiro atoms. The van der Waals surface area contributed by atoms with Crippen LogP contribution in [0.3, 0.4) is 0 Å². The van der Waals surface area contributed by atoms with E-state index in [2.05, 4.69) is 16.9 Å². The quantitative estimate of drug-likeness (QED) is 0.666. The van der Waals surface area contributed by atoms with Gasteiger partial charge in [-0.25, -0.2) is 4.98 Å². The number of nitrogens with zero attached hydrogens (tertiary/aromatic N) is 1. The number of imidazole rings is 1. The summed E-state index contributed by atoms with van der Waals surface area (Å²) in [5, 5.41) is 8.66. The average molecular weight is 211 g/mol. The minimum atomic E-state index is -0.999. The summed E-state index contributed by atoms with van der Waals surface area (Å²) in [6.45, 7) is 4.02. The Morgan fingerprint density at radius 3 is 2.87 bits per heavy atom. The molecule has 1 unspecified atom stereocenters. The standard InChI is InChI=1S/C10H17N3O2/c1-3-4-8-6(2)12-9(13-8)5-7(11)10(14)15/h7H,3-5,11H2,1-2H3,(H,12,13)(H,14,15). The molecule has 0 aliphatic heterocycles. The number of aromatic nitrogens is 2. The number of carboxylic acid groups (broad SMARTS) is 1. The number of aromatic amines is 1. The van der Waals surface area contributed by atoms with Gasteiger partial charge in [0.15, 0.2) is 0 Å². The first-order chi connectivity index (χ1) is 7.04. The molecule has 0 aliphatic carbocycles. The van der Waals surface area contributed by atoms with Crippen molar-refractivity contribution in [1.29, 1.82) is 0 Å². The van der Waals surface area contributed by atoms with Crippen LogP contribution in [0.4, 0.5) is 0 Å². The summed E-state index contributed by atoms with van der Waals surface area (Å²) in [6.07, 6.45) is 2.18. The first-order valence-corrected chi connectivity index (χ1v) is 5.07. The molecule has 1 heterocycles. The van der Waals surface area contributed by atoms with E-state index in [1.807, 2.05) is 6.92 Å². The van der Waals surface area contributed by atoms with E-state index in [4.69, 9.17) is 10.8 Å². The van der Waals surface area contributed by atoms with Gasteiger partial charge in [0.25, 0.3) is 0 Å². The Kier molecular flexibility index (Phi) is 3.85. The highest BCUT2D eigenvalue weighted by Crippen LogP contribution is 2.08. The molecule has 15 heavy (non-hydrogen) atoms. The zero-order valence-electron chi connectivity index (χ0n) is 9.08. The van der Waals surface area contributed by atoms with Crippen LogP contribution in [-0.2, 0) is 17.6 Å². The number of nitrogens with two attached hydrogens (primary N) is 1. The van der Waals surface area contributed by atoms with Crippen LogP contribution in [0.2, 0.25) is 0 Å². The Bertz CT molecular complexity index is 346. The number of carbonyl (C=O) groups is 1. The Balaban J connectivity index is 2.70. The number of carboxylic acids is 1. The molecule has 0 amide bonds. The van der Waals surface area contributed by atoms with Crippen LogP contribution in [0.1, 0.15) is 30.6 Å². The van der Waals surface area contributed by atoms with E-state index in [-0.39, 0.29) is 6.42 Å². The summed E-state index contributed by atoms with van der Waals surface area (Å²) < 4.78 is 0. The van der Waals surface area contributed by atoms with E-state index in [1.165, 1.54) is 0 Å². The number of rotatable bonds is 5. The van der Waals surface area contributed by atoms with E-state index in [1.54, 1.807) is 0 Å². The third kappa shape index (κ3) is 3.06. The van der Waals surface area contributed by atoms with Crippen molar-refractivity contribution in [3.8, 4) is 0 Å². The summed E-state index contributed by atoms with van der Waals surface area (Å²) in [6, 6.07) is -0.884. The van der Waals surface area contributed by atoms with Crippen LogP contribution in [0, 0.1) is 6.92 Å². The van der Waals surface area contributed by atoms with Crippen molar-refractivity contribution in [2.24, 2.45) is 5.73 Å². The Labute approximate surface area is 88.7 Å². The van der Waals surface area contributed by atoms with E-state index in [0.29, 0.717) is 5.82 Å². The summed E-state index contributed by atoms with van der Waals surface area (Å²) in [4.78, 5) is 17.9. The van der Waals surface area contributed by atoms with Crippen LogP contribution >= 0.6 is 0 Å². The number of H-pyrrole nitrogens is 1. The molecule has 0 bridgehead atoms. The van der Waals surface area contributed by atoms with Crippen molar-refractivity contribution in [1.82, 2.24) is 9.97 Å². The van der Waals surface area contributed by atoms with Gasteiger partial charge in [0, 0.05) is 12.1 Å². The van der Waals surface area contributed by atoms with Gasteiger partial charge >= 0.3 is 5.97 Å². The van der Waals surface area contributed by atoms with Gasteiger partial charge in [-0.2, -0.15) is 0 Å². The van der Waals surface area contributed by atoms with Crippen LogP contribution < -0.4 is 5.73 Å². The predicted octanol–water partition coefficient (Wildman–Crippen LogP) is 0.625. The maximum atomic E-state index is 10.6. The van der Waals surface area contributed by atoms with Gasteiger partial charge in [0.1, 0.15) is 11.9 Å². The van der Waals surface area contributed by atoms with Crippen molar-refractivity contribution in [3.05, 3.63) is 17.2 Å². The Hall–Kier alpha value is -1.36. The molecular weight excluding hydrogens is 194 g/mol. The fourth-order valence-electron chi connectivity index (χ4n) is 1.44. The maximum absolute atomic E-state index is 10.6. The molecule has 0 saturated carbocycles. The van der Waals surface area contributed by atoms with E-state index in [0.717, 1.165) is 24.2 Å². The molecule has 0 radical (unpaired) electrons. The second kappa shape index (κ2) is 4.93. The first kappa shape index (κ1) is 11.7. The number of hydrogen-bond donors (Lipinski definition) is 3. The SMILES string of the molecule is CCCc1nc(CC(N)C(=O)O)[nH]c1C. The van der Waals surface area contributed by atoms with Crippen LogP contribution in [-0.4, -0.2) is 27.1 Å². The molecule has 5 nitrogen and oxygen atoms in total. The third-order valence-corrected chi connectivity index (χ3v) is 2.25. The second-order valence-electron chi connectivity index (χ2n) is 3.65. The monoisotopic (exact) mass is 211 g/mol. The molecule has 0 saturated heterocycles. The molecule has 1 aromatic heterocycles.